The van der Waals surface area contributed by atoms with Crippen molar-refractivity contribution in [2.75, 3.05) is 19.6 Å². The van der Waals surface area contributed by atoms with Gasteiger partial charge in [-0.3, -0.25) is 9.59 Å². The second-order valence-corrected chi connectivity index (χ2v) is 7.69. The third-order valence-electron chi connectivity index (χ3n) is 4.15. The van der Waals surface area contributed by atoms with Gasteiger partial charge < -0.3 is 24.7 Å². The van der Waals surface area contributed by atoms with E-state index in [1.165, 1.54) is 12.3 Å². The van der Waals surface area contributed by atoms with Gasteiger partial charge in [-0.15, -0.1) is 0 Å². The van der Waals surface area contributed by atoms with Gasteiger partial charge in [-0.25, -0.2) is 4.79 Å². The number of hydrogen-bond donors (Lipinski definition) is 2. The van der Waals surface area contributed by atoms with Crippen molar-refractivity contribution >= 4 is 24.0 Å². The Bertz CT molecular complexity index is 683. The summed E-state index contributed by atoms with van der Waals surface area (Å²) in [7, 11) is 0. The zero-order valence-corrected chi connectivity index (χ0v) is 16.7. The number of hydrogen-bond acceptors (Lipinski definition) is 5. The van der Waals surface area contributed by atoms with Crippen LogP contribution in [0.4, 0.5) is 4.79 Å². The molecule has 28 heavy (non-hydrogen) atoms. The van der Waals surface area contributed by atoms with Gasteiger partial charge in [0.1, 0.15) is 11.4 Å². The lowest BCUT2D eigenvalue weighted by Crippen LogP contribution is -2.48. The number of ether oxygens (including phenoxy) is 1. The molecule has 0 aromatic carbocycles. The first kappa shape index (κ1) is 21.5. The van der Waals surface area contributed by atoms with Crippen LogP contribution in [-0.2, 0) is 14.3 Å². The maximum absolute atomic E-state index is 12.3. The smallest absolute Gasteiger partial charge is 0.407 e. The first-order chi connectivity index (χ1) is 13.2. The monoisotopic (exact) mass is 391 g/mol. The molecule has 1 saturated heterocycles. The van der Waals surface area contributed by atoms with Crippen molar-refractivity contribution in [3.63, 3.8) is 0 Å². The molecule has 0 atom stereocenters. The van der Waals surface area contributed by atoms with E-state index in [1.54, 1.807) is 23.1 Å². The fourth-order valence-corrected chi connectivity index (χ4v) is 2.80. The molecule has 0 radical (unpaired) electrons. The first-order valence-corrected chi connectivity index (χ1v) is 9.49. The fraction of sp³-hybridized carbons (Fsp3) is 0.550. The highest BCUT2D eigenvalue weighted by molar-refractivity contribution is 5.91. The van der Waals surface area contributed by atoms with Crippen LogP contribution in [0.1, 0.15) is 45.8 Å². The van der Waals surface area contributed by atoms with Gasteiger partial charge in [0.05, 0.1) is 6.26 Å². The molecular weight excluding hydrogens is 362 g/mol. The molecule has 2 heterocycles. The fourth-order valence-electron chi connectivity index (χ4n) is 2.80. The number of rotatable bonds is 6. The third kappa shape index (κ3) is 7.85. The summed E-state index contributed by atoms with van der Waals surface area (Å²) < 4.78 is 10.4. The van der Waals surface area contributed by atoms with Crippen LogP contribution in [-0.4, -0.2) is 54.1 Å². The number of alkyl carbamates (subject to hydrolysis) is 1. The van der Waals surface area contributed by atoms with Crippen molar-refractivity contribution in [2.45, 2.75) is 51.7 Å². The summed E-state index contributed by atoms with van der Waals surface area (Å²) in [5, 5.41) is 5.53. The molecule has 2 rings (SSSR count). The lowest BCUT2D eigenvalue weighted by molar-refractivity contribution is -0.132. The van der Waals surface area contributed by atoms with Gasteiger partial charge >= 0.3 is 6.09 Å². The van der Waals surface area contributed by atoms with E-state index < -0.39 is 11.7 Å². The Hall–Kier alpha value is -2.77. The first-order valence-electron chi connectivity index (χ1n) is 9.49. The summed E-state index contributed by atoms with van der Waals surface area (Å²) in [5.41, 5.74) is -0.529. The molecule has 0 unspecified atom stereocenters. The average Bonchev–Trinajstić information content (AvgIpc) is 3.12. The van der Waals surface area contributed by atoms with E-state index in [-0.39, 0.29) is 30.8 Å². The van der Waals surface area contributed by atoms with Crippen LogP contribution in [0.15, 0.2) is 28.9 Å². The number of carbonyl (C=O) groups excluding carboxylic acids is 3. The largest absolute Gasteiger partial charge is 0.465 e. The van der Waals surface area contributed by atoms with E-state index in [0.717, 1.165) is 0 Å². The van der Waals surface area contributed by atoms with Crippen LogP contribution in [0.5, 0.6) is 0 Å². The van der Waals surface area contributed by atoms with Gasteiger partial charge in [-0.05, 0) is 51.8 Å². The molecule has 1 aliphatic rings. The predicted molar refractivity (Wildman–Crippen MR) is 104 cm³/mol. The van der Waals surface area contributed by atoms with Crippen LogP contribution in [0.25, 0.3) is 6.08 Å². The highest BCUT2D eigenvalue weighted by Gasteiger charge is 2.25. The Labute approximate surface area is 165 Å². The molecule has 1 aromatic heterocycles. The minimum Gasteiger partial charge on any atom is -0.465 e. The topological polar surface area (TPSA) is 101 Å². The second-order valence-electron chi connectivity index (χ2n) is 7.69. The molecule has 8 nitrogen and oxygen atoms in total. The lowest BCUT2D eigenvalue weighted by Gasteiger charge is -2.33. The molecule has 0 aliphatic carbocycles. The van der Waals surface area contributed by atoms with Crippen LogP contribution in [0, 0.1) is 0 Å². The standard InChI is InChI=1S/C20H29N3O5/c1-20(2,3)28-19(26)22-15-9-12-23(13-10-15)18(25)8-11-21-17(24)7-6-16-5-4-14-27-16/h4-7,14-15H,8-13H2,1-3H3,(H,21,24)(H,22,26). The summed E-state index contributed by atoms with van der Waals surface area (Å²) >= 11 is 0. The number of likely N-dealkylation sites (tertiary alicyclic amines) is 1. The van der Waals surface area contributed by atoms with Crippen molar-refractivity contribution in [3.8, 4) is 0 Å². The number of piperidine rings is 1. The van der Waals surface area contributed by atoms with Gasteiger partial charge in [-0.1, -0.05) is 0 Å². The lowest BCUT2D eigenvalue weighted by atomic mass is 10.0. The molecule has 8 heteroatoms. The van der Waals surface area contributed by atoms with Crippen molar-refractivity contribution < 1.29 is 23.5 Å². The Morgan fingerprint density at radius 3 is 2.61 bits per heavy atom. The zero-order chi connectivity index (χ0) is 20.6. The Balaban J connectivity index is 1.62. The average molecular weight is 391 g/mol. The zero-order valence-electron chi connectivity index (χ0n) is 16.7. The summed E-state index contributed by atoms with van der Waals surface area (Å²) in [5.74, 6) is 0.310. The Kier molecular flexibility index (Phi) is 7.66. The molecule has 0 saturated carbocycles. The van der Waals surface area contributed by atoms with E-state index in [1.807, 2.05) is 20.8 Å². The SMILES string of the molecule is CC(C)(C)OC(=O)NC1CCN(C(=O)CCNC(=O)C=Cc2ccco2)CC1. The minimum absolute atomic E-state index is 0.00495. The van der Waals surface area contributed by atoms with Crippen molar-refractivity contribution in [3.05, 3.63) is 30.2 Å². The van der Waals surface area contributed by atoms with E-state index in [0.29, 0.717) is 31.7 Å². The van der Waals surface area contributed by atoms with Crippen LogP contribution < -0.4 is 10.6 Å². The highest BCUT2D eigenvalue weighted by atomic mass is 16.6. The summed E-state index contributed by atoms with van der Waals surface area (Å²) in [4.78, 5) is 37.6. The maximum atomic E-state index is 12.3. The predicted octanol–water partition coefficient (Wildman–Crippen LogP) is 2.31. The Morgan fingerprint density at radius 1 is 1.29 bits per heavy atom. The molecule has 0 bridgehead atoms. The van der Waals surface area contributed by atoms with E-state index in [9.17, 15) is 14.4 Å². The number of nitrogens with one attached hydrogen (secondary N) is 2. The molecule has 154 valence electrons. The van der Waals surface area contributed by atoms with Gasteiger partial charge in [0.25, 0.3) is 0 Å². The summed E-state index contributed by atoms with van der Waals surface area (Å²) in [6, 6.07) is 3.49. The minimum atomic E-state index is -0.529. The normalized spacial score (nSPS) is 15.5. The van der Waals surface area contributed by atoms with Gasteiger partial charge in [0.2, 0.25) is 11.8 Å². The van der Waals surface area contributed by atoms with Gasteiger partial charge in [-0.2, -0.15) is 0 Å². The van der Waals surface area contributed by atoms with Gasteiger partial charge in [0.15, 0.2) is 0 Å². The molecule has 1 aromatic rings. The van der Waals surface area contributed by atoms with E-state index >= 15 is 0 Å². The number of furan rings is 1. The number of amides is 3. The van der Waals surface area contributed by atoms with Crippen molar-refractivity contribution in [1.82, 2.24) is 15.5 Å². The van der Waals surface area contributed by atoms with Gasteiger partial charge in [0, 0.05) is 38.2 Å². The van der Waals surface area contributed by atoms with Crippen molar-refractivity contribution in [2.24, 2.45) is 0 Å². The van der Waals surface area contributed by atoms with Crippen molar-refractivity contribution in [1.29, 1.82) is 0 Å². The van der Waals surface area contributed by atoms with E-state index in [2.05, 4.69) is 10.6 Å². The van der Waals surface area contributed by atoms with Crippen LogP contribution in [0.2, 0.25) is 0 Å². The second kappa shape index (κ2) is 9.96. The Morgan fingerprint density at radius 2 is 2.00 bits per heavy atom. The summed E-state index contributed by atoms with van der Waals surface area (Å²) in [6.45, 7) is 6.88. The quantitative estimate of drug-likeness (QED) is 0.725. The van der Waals surface area contributed by atoms with E-state index in [4.69, 9.17) is 9.15 Å². The highest BCUT2D eigenvalue weighted by Crippen LogP contribution is 2.13. The molecule has 1 aliphatic heterocycles. The molecule has 0 spiro atoms. The molecule has 2 N–H and O–H groups in total. The van der Waals surface area contributed by atoms with Crippen LogP contribution >= 0.6 is 0 Å². The molecular formula is C20H29N3O5. The molecule has 3 amide bonds. The maximum Gasteiger partial charge on any atom is 0.407 e. The number of nitrogens with zero attached hydrogens (tertiary/aromatic N) is 1. The number of carbonyl (C=O) groups is 3. The summed E-state index contributed by atoms with van der Waals surface area (Å²) in [6.07, 6.45) is 5.65. The third-order valence-corrected chi connectivity index (χ3v) is 4.15. The van der Waals surface area contributed by atoms with Crippen LogP contribution in [0.3, 0.4) is 0 Å². The molecule has 1 fully saturated rings.